The Bertz CT molecular complexity index is 231. The maximum atomic E-state index is 10.9. The molecule has 0 aromatic heterocycles. The Labute approximate surface area is 99.2 Å². The van der Waals surface area contributed by atoms with Crippen LogP contribution in [0, 0.1) is 29.6 Å². The second-order valence-electron chi connectivity index (χ2n) is 6.23. The summed E-state index contributed by atoms with van der Waals surface area (Å²) in [6, 6.07) is 0. The van der Waals surface area contributed by atoms with Gasteiger partial charge in [-0.1, -0.05) is 13.8 Å². The molecular weight excluding hydrogens is 198 g/mol. The van der Waals surface area contributed by atoms with Crippen molar-refractivity contribution in [3.8, 4) is 0 Å². The van der Waals surface area contributed by atoms with Crippen LogP contribution in [-0.2, 0) is 4.79 Å². The fourth-order valence-electron chi connectivity index (χ4n) is 3.87. The van der Waals surface area contributed by atoms with Crippen molar-refractivity contribution in [3.63, 3.8) is 0 Å². The van der Waals surface area contributed by atoms with Gasteiger partial charge in [-0.2, -0.15) is 0 Å². The second kappa shape index (κ2) is 5.31. The minimum Gasteiger partial charge on any atom is -0.316 e. The minimum absolute atomic E-state index is 0.270. The first-order valence-corrected chi connectivity index (χ1v) is 6.85. The number of rotatable bonds is 2. The number of hydrogen-bond donors (Lipinski definition) is 1. The van der Waals surface area contributed by atoms with E-state index in [2.05, 4.69) is 19.2 Å². The molecular formula is C14H25NO. The van der Waals surface area contributed by atoms with Crippen LogP contribution >= 0.6 is 0 Å². The van der Waals surface area contributed by atoms with Crippen molar-refractivity contribution in [1.82, 2.24) is 5.32 Å². The summed E-state index contributed by atoms with van der Waals surface area (Å²) in [5.41, 5.74) is 0. The van der Waals surface area contributed by atoms with Gasteiger partial charge in [-0.3, -0.25) is 0 Å². The molecule has 1 saturated heterocycles. The molecule has 2 nitrogen and oxygen atoms in total. The summed E-state index contributed by atoms with van der Waals surface area (Å²) < 4.78 is 0. The van der Waals surface area contributed by atoms with Crippen LogP contribution in [0.4, 0.5) is 0 Å². The van der Waals surface area contributed by atoms with Crippen LogP contribution < -0.4 is 5.32 Å². The molecule has 2 heteroatoms. The zero-order valence-corrected chi connectivity index (χ0v) is 10.6. The zero-order chi connectivity index (χ0) is 11.5. The fraction of sp³-hybridized carbons (Fsp3) is 0.929. The second-order valence-corrected chi connectivity index (χ2v) is 6.23. The number of hydrogen-bond acceptors (Lipinski definition) is 2. The quantitative estimate of drug-likeness (QED) is 0.729. The predicted octanol–water partition coefficient (Wildman–Crippen LogP) is 2.48. The Balaban J connectivity index is 1.92. The summed E-state index contributed by atoms with van der Waals surface area (Å²) in [6.07, 6.45) is 6.42. The van der Waals surface area contributed by atoms with Crippen molar-refractivity contribution in [1.29, 1.82) is 0 Å². The molecule has 0 bridgehead atoms. The Morgan fingerprint density at radius 3 is 2.25 bits per heavy atom. The lowest BCUT2D eigenvalue weighted by atomic mass is 9.69. The third-order valence-electron chi connectivity index (χ3n) is 4.49. The van der Waals surface area contributed by atoms with E-state index in [1.165, 1.54) is 19.3 Å². The number of piperidine rings is 1. The molecule has 0 aromatic rings. The van der Waals surface area contributed by atoms with E-state index in [9.17, 15) is 4.79 Å². The third kappa shape index (κ3) is 2.85. The first-order valence-electron chi connectivity index (χ1n) is 6.85. The van der Waals surface area contributed by atoms with E-state index in [-0.39, 0.29) is 5.92 Å². The number of aldehydes is 1. The van der Waals surface area contributed by atoms with Gasteiger partial charge in [-0.15, -0.1) is 0 Å². The molecule has 1 aliphatic carbocycles. The Kier molecular flexibility index (Phi) is 4.01. The molecule has 2 rings (SSSR count). The molecule has 1 heterocycles. The zero-order valence-electron chi connectivity index (χ0n) is 10.6. The molecule has 1 N–H and O–H groups in total. The van der Waals surface area contributed by atoms with Gasteiger partial charge in [0.2, 0.25) is 0 Å². The molecule has 92 valence electrons. The van der Waals surface area contributed by atoms with Gasteiger partial charge < -0.3 is 10.1 Å². The van der Waals surface area contributed by atoms with Crippen LogP contribution in [0.5, 0.6) is 0 Å². The highest BCUT2D eigenvalue weighted by atomic mass is 16.1. The molecule has 2 fully saturated rings. The Morgan fingerprint density at radius 2 is 1.62 bits per heavy atom. The Morgan fingerprint density at radius 1 is 0.938 bits per heavy atom. The van der Waals surface area contributed by atoms with E-state index in [1.54, 1.807) is 0 Å². The van der Waals surface area contributed by atoms with Crippen molar-refractivity contribution in [2.24, 2.45) is 29.6 Å². The topological polar surface area (TPSA) is 29.1 Å². The minimum atomic E-state index is 0.270. The van der Waals surface area contributed by atoms with Gasteiger partial charge >= 0.3 is 0 Å². The van der Waals surface area contributed by atoms with Crippen LogP contribution in [0.1, 0.15) is 39.5 Å². The first kappa shape index (κ1) is 12.1. The summed E-state index contributed by atoms with van der Waals surface area (Å²) >= 11 is 0. The highest BCUT2D eigenvalue weighted by Gasteiger charge is 2.32. The van der Waals surface area contributed by atoms with E-state index >= 15 is 0 Å². The normalized spacial score (nSPS) is 45.2. The van der Waals surface area contributed by atoms with Crippen LogP contribution in [0.15, 0.2) is 0 Å². The highest BCUT2D eigenvalue weighted by molar-refractivity contribution is 5.54. The molecule has 2 aliphatic rings. The van der Waals surface area contributed by atoms with E-state index in [0.29, 0.717) is 0 Å². The Hall–Kier alpha value is -0.370. The van der Waals surface area contributed by atoms with Crippen molar-refractivity contribution >= 4 is 6.29 Å². The van der Waals surface area contributed by atoms with E-state index in [0.717, 1.165) is 49.5 Å². The van der Waals surface area contributed by atoms with Gasteiger partial charge in [0.05, 0.1) is 0 Å². The molecule has 1 aliphatic heterocycles. The molecule has 0 amide bonds. The average molecular weight is 223 g/mol. The summed E-state index contributed by atoms with van der Waals surface area (Å²) in [7, 11) is 0. The van der Waals surface area contributed by atoms with E-state index in [4.69, 9.17) is 0 Å². The molecule has 0 radical (unpaired) electrons. The fourth-order valence-corrected chi connectivity index (χ4v) is 3.87. The maximum Gasteiger partial charge on any atom is 0.124 e. The standard InChI is InChI=1S/C14H25NO/c1-10-3-11(2)5-13(4-10)14-6-12(9-16)7-15-8-14/h9-15H,3-8H2,1-2H3. The summed E-state index contributed by atoms with van der Waals surface area (Å²) in [4.78, 5) is 10.9. The van der Waals surface area contributed by atoms with Gasteiger partial charge in [0.15, 0.2) is 0 Å². The van der Waals surface area contributed by atoms with Gasteiger partial charge in [0.25, 0.3) is 0 Å². The largest absolute Gasteiger partial charge is 0.316 e. The molecule has 16 heavy (non-hydrogen) atoms. The SMILES string of the molecule is CC1CC(C)CC(C2CNCC(C=O)C2)C1. The summed E-state index contributed by atoms with van der Waals surface area (Å²) in [6.45, 7) is 6.80. The summed E-state index contributed by atoms with van der Waals surface area (Å²) in [5.74, 6) is 3.63. The van der Waals surface area contributed by atoms with Crippen molar-refractivity contribution < 1.29 is 4.79 Å². The van der Waals surface area contributed by atoms with Crippen LogP contribution in [0.25, 0.3) is 0 Å². The maximum absolute atomic E-state index is 10.9. The lowest BCUT2D eigenvalue weighted by Gasteiger charge is -2.39. The van der Waals surface area contributed by atoms with Gasteiger partial charge in [-0.25, -0.2) is 0 Å². The van der Waals surface area contributed by atoms with Crippen molar-refractivity contribution in [2.45, 2.75) is 39.5 Å². The monoisotopic (exact) mass is 223 g/mol. The van der Waals surface area contributed by atoms with Gasteiger partial charge in [0.1, 0.15) is 6.29 Å². The highest BCUT2D eigenvalue weighted by Crippen LogP contribution is 2.39. The molecule has 4 unspecified atom stereocenters. The van der Waals surface area contributed by atoms with Gasteiger partial charge in [-0.05, 0) is 55.9 Å². The number of carbonyl (C=O) groups is 1. The smallest absolute Gasteiger partial charge is 0.124 e. The van der Waals surface area contributed by atoms with E-state index < -0.39 is 0 Å². The van der Waals surface area contributed by atoms with Crippen LogP contribution in [-0.4, -0.2) is 19.4 Å². The molecule has 0 aromatic carbocycles. The molecule has 0 spiro atoms. The lowest BCUT2D eigenvalue weighted by molar-refractivity contribution is -0.112. The number of nitrogens with one attached hydrogen (secondary N) is 1. The number of carbonyl (C=O) groups excluding carboxylic acids is 1. The van der Waals surface area contributed by atoms with E-state index in [1.807, 2.05) is 0 Å². The lowest BCUT2D eigenvalue weighted by Crippen LogP contribution is -2.41. The van der Waals surface area contributed by atoms with Crippen LogP contribution in [0.2, 0.25) is 0 Å². The third-order valence-corrected chi connectivity index (χ3v) is 4.49. The van der Waals surface area contributed by atoms with Crippen molar-refractivity contribution in [2.75, 3.05) is 13.1 Å². The molecule has 1 saturated carbocycles. The molecule has 4 atom stereocenters. The van der Waals surface area contributed by atoms with Gasteiger partial charge in [0, 0.05) is 12.5 Å². The predicted molar refractivity (Wildman–Crippen MR) is 66.2 cm³/mol. The van der Waals surface area contributed by atoms with Crippen LogP contribution in [0.3, 0.4) is 0 Å². The average Bonchev–Trinajstić information content (AvgIpc) is 2.28. The van der Waals surface area contributed by atoms with Crippen molar-refractivity contribution in [3.05, 3.63) is 0 Å². The first-order chi connectivity index (χ1) is 7.69. The summed E-state index contributed by atoms with van der Waals surface area (Å²) in [5, 5.41) is 3.43.